The van der Waals surface area contributed by atoms with Crippen LogP contribution in [-0.4, -0.2) is 36.9 Å². The fraction of sp³-hybridized carbons (Fsp3) is 0.333. The molecule has 2 aromatic rings. The first-order chi connectivity index (χ1) is 11.9. The third kappa shape index (κ3) is 3.99. The molecule has 6 nitrogen and oxygen atoms in total. The number of rotatable bonds is 5. The summed E-state index contributed by atoms with van der Waals surface area (Å²) in [6.45, 7) is 0. The number of sulfone groups is 1. The molecule has 3 rings (SSSR count). The van der Waals surface area contributed by atoms with Gasteiger partial charge in [-0.05, 0) is 22.8 Å². The minimum absolute atomic E-state index is 0.00293. The predicted octanol–water partition coefficient (Wildman–Crippen LogP) is 1.91. The summed E-state index contributed by atoms with van der Waals surface area (Å²) in [5.74, 6) is -2.22. The summed E-state index contributed by atoms with van der Waals surface area (Å²) in [6, 6.07) is 12.4. The Morgan fingerprint density at radius 3 is 2.56 bits per heavy atom. The predicted molar refractivity (Wildman–Crippen MR) is 93.8 cm³/mol. The van der Waals surface area contributed by atoms with Crippen molar-refractivity contribution in [2.45, 2.75) is 18.9 Å². The van der Waals surface area contributed by atoms with Crippen LogP contribution in [0.3, 0.4) is 0 Å². The molecule has 0 spiro atoms. The Labute approximate surface area is 145 Å². The number of carboxylic acid groups (broad SMARTS) is 1. The lowest BCUT2D eigenvalue weighted by Crippen LogP contribution is -2.35. The van der Waals surface area contributed by atoms with E-state index in [4.69, 9.17) is 0 Å². The SMILES string of the molecule is O=C(O)C[C@@H](NC(=O)C1CCS(=O)(=O)C1)c1cccc2ccccc12. The Balaban J connectivity index is 1.89. The second kappa shape index (κ2) is 6.84. The van der Waals surface area contributed by atoms with Gasteiger partial charge in [0.1, 0.15) is 0 Å². The van der Waals surface area contributed by atoms with Crippen LogP contribution in [0.5, 0.6) is 0 Å². The standard InChI is InChI=1S/C18H19NO5S/c20-17(21)10-16(19-18(22)13-8-9-25(23,24)11-13)15-7-3-5-12-4-1-2-6-14(12)15/h1-7,13,16H,8-11H2,(H,19,22)(H,20,21)/t13?,16-/m1/s1. The van der Waals surface area contributed by atoms with E-state index in [1.165, 1.54) is 0 Å². The van der Waals surface area contributed by atoms with Gasteiger partial charge in [0.15, 0.2) is 9.84 Å². The van der Waals surface area contributed by atoms with Crippen LogP contribution in [0.4, 0.5) is 0 Å². The van der Waals surface area contributed by atoms with E-state index < -0.39 is 33.7 Å². The van der Waals surface area contributed by atoms with E-state index in [1.807, 2.05) is 36.4 Å². The first kappa shape index (κ1) is 17.4. The van der Waals surface area contributed by atoms with Crippen molar-refractivity contribution < 1.29 is 23.1 Å². The lowest BCUT2D eigenvalue weighted by molar-refractivity contribution is -0.137. The number of aliphatic carboxylic acids is 1. The molecule has 1 aliphatic heterocycles. The highest BCUT2D eigenvalue weighted by molar-refractivity contribution is 7.91. The monoisotopic (exact) mass is 361 g/mol. The Kier molecular flexibility index (Phi) is 4.76. The van der Waals surface area contributed by atoms with Crippen LogP contribution in [-0.2, 0) is 19.4 Å². The Bertz CT molecular complexity index is 917. The highest BCUT2D eigenvalue weighted by Crippen LogP contribution is 2.28. The van der Waals surface area contributed by atoms with E-state index in [-0.39, 0.29) is 24.3 Å². The second-order valence-electron chi connectivity index (χ2n) is 6.33. The smallest absolute Gasteiger partial charge is 0.305 e. The quantitative estimate of drug-likeness (QED) is 0.847. The molecule has 1 heterocycles. The first-order valence-corrected chi connectivity index (χ1v) is 9.88. The molecule has 2 N–H and O–H groups in total. The molecule has 132 valence electrons. The minimum Gasteiger partial charge on any atom is -0.481 e. The van der Waals surface area contributed by atoms with E-state index in [2.05, 4.69) is 5.32 Å². The molecule has 1 saturated heterocycles. The zero-order valence-electron chi connectivity index (χ0n) is 13.5. The first-order valence-electron chi connectivity index (χ1n) is 8.06. The summed E-state index contributed by atoms with van der Waals surface area (Å²) in [4.78, 5) is 23.7. The molecule has 25 heavy (non-hydrogen) atoms. The van der Waals surface area contributed by atoms with Gasteiger partial charge in [-0.2, -0.15) is 0 Å². The van der Waals surface area contributed by atoms with E-state index in [0.717, 1.165) is 16.3 Å². The Morgan fingerprint density at radius 1 is 1.16 bits per heavy atom. The third-order valence-corrected chi connectivity index (χ3v) is 6.27. The number of nitrogens with one attached hydrogen (secondary N) is 1. The summed E-state index contributed by atoms with van der Waals surface area (Å²) < 4.78 is 23.2. The summed E-state index contributed by atoms with van der Waals surface area (Å²) in [6.07, 6.45) is 0.0166. The summed E-state index contributed by atoms with van der Waals surface area (Å²) in [7, 11) is -3.18. The number of carbonyl (C=O) groups excluding carboxylic acids is 1. The average Bonchev–Trinajstić information content (AvgIpc) is 2.93. The molecule has 1 aliphatic rings. The lowest BCUT2D eigenvalue weighted by Gasteiger charge is -2.21. The van der Waals surface area contributed by atoms with Crippen LogP contribution in [0, 0.1) is 5.92 Å². The molecular formula is C18H19NO5S. The van der Waals surface area contributed by atoms with Gasteiger partial charge in [-0.3, -0.25) is 9.59 Å². The van der Waals surface area contributed by atoms with Crippen molar-refractivity contribution in [1.82, 2.24) is 5.32 Å². The van der Waals surface area contributed by atoms with Gasteiger partial charge in [0, 0.05) is 0 Å². The van der Waals surface area contributed by atoms with Gasteiger partial charge < -0.3 is 10.4 Å². The maximum absolute atomic E-state index is 12.5. The number of carboxylic acids is 1. The number of fused-ring (bicyclic) bond motifs is 1. The van der Waals surface area contributed by atoms with E-state index in [1.54, 1.807) is 6.07 Å². The highest BCUT2D eigenvalue weighted by atomic mass is 32.2. The Hall–Kier alpha value is -2.41. The molecule has 2 aromatic carbocycles. The van der Waals surface area contributed by atoms with Crippen molar-refractivity contribution in [1.29, 1.82) is 0 Å². The number of hydrogen-bond donors (Lipinski definition) is 2. The van der Waals surface area contributed by atoms with Crippen molar-refractivity contribution in [2.24, 2.45) is 5.92 Å². The molecule has 0 saturated carbocycles. The molecule has 7 heteroatoms. The van der Waals surface area contributed by atoms with Crippen LogP contribution in [0.2, 0.25) is 0 Å². The third-order valence-electron chi connectivity index (χ3n) is 4.50. The van der Waals surface area contributed by atoms with Crippen LogP contribution < -0.4 is 5.32 Å². The highest BCUT2D eigenvalue weighted by Gasteiger charge is 2.34. The fourth-order valence-electron chi connectivity index (χ4n) is 3.26. The van der Waals surface area contributed by atoms with E-state index >= 15 is 0 Å². The summed E-state index contributed by atoms with van der Waals surface area (Å²) >= 11 is 0. The van der Waals surface area contributed by atoms with Crippen molar-refractivity contribution in [2.75, 3.05) is 11.5 Å². The van der Waals surface area contributed by atoms with Gasteiger partial charge in [0.2, 0.25) is 5.91 Å². The zero-order valence-corrected chi connectivity index (χ0v) is 14.3. The van der Waals surface area contributed by atoms with Crippen LogP contribution in [0.15, 0.2) is 42.5 Å². The molecule has 1 fully saturated rings. The van der Waals surface area contributed by atoms with Gasteiger partial charge in [0.05, 0.1) is 29.9 Å². The molecule has 0 radical (unpaired) electrons. The molecular weight excluding hydrogens is 342 g/mol. The zero-order chi connectivity index (χ0) is 18.0. The summed E-state index contributed by atoms with van der Waals surface area (Å²) in [5.41, 5.74) is 0.717. The largest absolute Gasteiger partial charge is 0.481 e. The van der Waals surface area contributed by atoms with Crippen molar-refractivity contribution in [3.05, 3.63) is 48.0 Å². The molecule has 0 aromatic heterocycles. The average molecular weight is 361 g/mol. The molecule has 1 amide bonds. The number of amides is 1. The molecule has 0 aliphatic carbocycles. The summed E-state index contributed by atoms with van der Waals surface area (Å²) in [5, 5.41) is 13.8. The topological polar surface area (TPSA) is 101 Å². The van der Waals surface area contributed by atoms with Crippen molar-refractivity contribution in [3.8, 4) is 0 Å². The Morgan fingerprint density at radius 2 is 1.88 bits per heavy atom. The van der Waals surface area contributed by atoms with Crippen molar-refractivity contribution >= 4 is 32.5 Å². The lowest BCUT2D eigenvalue weighted by atomic mass is 9.96. The van der Waals surface area contributed by atoms with E-state index in [9.17, 15) is 23.1 Å². The molecule has 2 atom stereocenters. The second-order valence-corrected chi connectivity index (χ2v) is 8.56. The maximum atomic E-state index is 12.5. The normalized spacial score (nSPS) is 20.2. The van der Waals surface area contributed by atoms with Crippen LogP contribution >= 0.6 is 0 Å². The van der Waals surface area contributed by atoms with Gasteiger partial charge in [-0.15, -0.1) is 0 Å². The maximum Gasteiger partial charge on any atom is 0.305 e. The van der Waals surface area contributed by atoms with Crippen molar-refractivity contribution in [3.63, 3.8) is 0 Å². The molecule has 0 bridgehead atoms. The number of carbonyl (C=O) groups is 2. The van der Waals surface area contributed by atoms with Crippen LogP contribution in [0.25, 0.3) is 10.8 Å². The van der Waals surface area contributed by atoms with Gasteiger partial charge in [-0.25, -0.2) is 8.42 Å². The van der Waals surface area contributed by atoms with Gasteiger partial charge in [-0.1, -0.05) is 42.5 Å². The minimum atomic E-state index is -3.18. The van der Waals surface area contributed by atoms with Gasteiger partial charge >= 0.3 is 5.97 Å². The fourth-order valence-corrected chi connectivity index (χ4v) is 5.00. The number of benzene rings is 2. The molecule has 1 unspecified atom stereocenters. The van der Waals surface area contributed by atoms with Gasteiger partial charge in [0.25, 0.3) is 0 Å². The van der Waals surface area contributed by atoms with E-state index in [0.29, 0.717) is 0 Å². The number of hydrogen-bond acceptors (Lipinski definition) is 4. The van der Waals surface area contributed by atoms with Crippen LogP contribution in [0.1, 0.15) is 24.4 Å².